The van der Waals surface area contributed by atoms with Crippen molar-refractivity contribution in [1.29, 1.82) is 0 Å². The van der Waals surface area contributed by atoms with Gasteiger partial charge >= 0.3 is 0 Å². The van der Waals surface area contributed by atoms with Gasteiger partial charge in [0.05, 0.1) is 24.6 Å². The lowest BCUT2D eigenvalue weighted by Gasteiger charge is -2.30. The van der Waals surface area contributed by atoms with Gasteiger partial charge in [-0.3, -0.25) is 4.79 Å². The second-order valence-corrected chi connectivity index (χ2v) is 6.60. The van der Waals surface area contributed by atoms with Crippen molar-refractivity contribution in [1.82, 2.24) is 15.1 Å². The summed E-state index contributed by atoms with van der Waals surface area (Å²) in [6.07, 6.45) is 0. The number of carbonyl (C=O) groups is 1. The van der Waals surface area contributed by atoms with Gasteiger partial charge in [-0.25, -0.2) is 0 Å². The Kier molecular flexibility index (Phi) is 6.56. The minimum atomic E-state index is -0.275. The van der Waals surface area contributed by atoms with Crippen LogP contribution in [0.25, 0.3) is 0 Å². The van der Waals surface area contributed by atoms with E-state index in [-0.39, 0.29) is 11.6 Å². The number of carbonyl (C=O) groups excluding carboxylic acids is 1. The number of rotatable bonds is 7. The maximum absolute atomic E-state index is 12.6. The summed E-state index contributed by atoms with van der Waals surface area (Å²) in [5.74, 6) is 0.380. The number of morpholine rings is 1. The fraction of sp³-hybridized carbons (Fsp3) is 0.421. The summed E-state index contributed by atoms with van der Waals surface area (Å²) in [5.41, 5.74) is 2.04. The third kappa shape index (κ3) is 5.38. The van der Waals surface area contributed by atoms with Gasteiger partial charge in [-0.2, -0.15) is 0 Å². The Morgan fingerprint density at radius 3 is 2.63 bits per heavy atom. The highest BCUT2D eigenvalue weighted by Crippen LogP contribution is 2.26. The topological polar surface area (TPSA) is 82.6 Å². The molecule has 0 atom stereocenters. The van der Waals surface area contributed by atoms with E-state index in [9.17, 15) is 4.79 Å². The molecule has 0 spiro atoms. The molecule has 1 amide bonds. The number of aromatic nitrogens is 2. The molecule has 1 aromatic carbocycles. The molecule has 1 saturated heterocycles. The number of ether oxygens (including phenoxy) is 1. The van der Waals surface area contributed by atoms with Crippen LogP contribution in [-0.2, 0) is 4.74 Å². The van der Waals surface area contributed by atoms with E-state index in [1.54, 1.807) is 12.1 Å². The quantitative estimate of drug-likeness (QED) is 0.765. The number of likely N-dealkylation sites (N-methyl/N-ethyl adjacent to an activating group) is 1. The van der Waals surface area contributed by atoms with Gasteiger partial charge in [0.25, 0.3) is 5.91 Å². The number of hydrogen-bond acceptors (Lipinski definition) is 7. The van der Waals surface area contributed by atoms with Crippen LogP contribution in [0.15, 0.2) is 36.4 Å². The lowest BCUT2D eigenvalue weighted by molar-refractivity contribution is 0.102. The van der Waals surface area contributed by atoms with Crippen LogP contribution < -0.4 is 15.5 Å². The number of hydrogen-bond donors (Lipinski definition) is 2. The highest BCUT2D eigenvalue weighted by atomic mass is 16.5. The van der Waals surface area contributed by atoms with E-state index in [1.165, 1.54) is 0 Å². The van der Waals surface area contributed by atoms with Crippen molar-refractivity contribution in [3.05, 3.63) is 42.1 Å². The van der Waals surface area contributed by atoms with E-state index in [0.29, 0.717) is 19.0 Å². The van der Waals surface area contributed by atoms with Crippen LogP contribution in [0.2, 0.25) is 0 Å². The molecular formula is C19H26N6O2. The van der Waals surface area contributed by atoms with Crippen molar-refractivity contribution in [2.45, 2.75) is 0 Å². The number of nitrogens with one attached hydrogen (secondary N) is 2. The van der Waals surface area contributed by atoms with Gasteiger partial charge in [0, 0.05) is 26.2 Å². The van der Waals surface area contributed by atoms with Gasteiger partial charge < -0.3 is 25.2 Å². The standard InChI is InChI=1S/C19H26N6O2/c1-24(2)10-9-20-18-8-7-16(22-23-18)19(26)21-15-5-3-4-6-17(15)25-11-13-27-14-12-25/h3-8H,9-14H2,1-2H3,(H,20,23)(H,21,26). The third-order valence-corrected chi connectivity index (χ3v) is 4.27. The van der Waals surface area contributed by atoms with Crippen molar-refractivity contribution in [3.8, 4) is 0 Å². The van der Waals surface area contributed by atoms with Crippen molar-refractivity contribution in [2.24, 2.45) is 0 Å². The largest absolute Gasteiger partial charge is 0.378 e. The van der Waals surface area contributed by atoms with Crippen LogP contribution in [0.4, 0.5) is 17.2 Å². The molecule has 0 bridgehead atoms. The van der Waals surface area contributed by atoms with Crippen LogP contribution in [0.3, 0.4) is 0 Å². The molecule has 8 heteroatoms. The zero-order valence-electron chi connectivity index (χ0n) is 15.8. The van der Waals surface area contributed by atoms with E-state index >= 15 is 0 Å². The highest BCUT2D eigenvalue weighted by molar-refractivity contribution is 6.04. The van der Waals surface area contributed by atoms with Crippen molar-refractivity contribution in [3.63, 3.8) is 0 Å². The SMILES string of the molecule is CN(C)CCNc1ccc(C(=O)Nc2ccccc2N2CCOCC2)nn1. The molecule has 1 fully saturated rings. The molecule has 2 N–H and O–H groups in total. The lowest BCUT2D eigenvalue weighted by atomic mass is 10.2. The monoisotopic (exact) mass is 370 g/mol. The number of anilines is 3. The first kappa shape index (κ1) is 19.1. The Labute approximate surface area is 159 Å². The Bertz CT molecular complexity index is 744. The van der Waals surface area contributed by atoms with Crippen LogP contribution in [0.5, 0.6) is 0 Å². The van der Waals surface area contributed by atoms with E-state index in [4.69, 9.17) is 4.74 Å². The van der Waals surface area contributed by atoms with Crippen molar-refractivity contribution >= 4 is 23.1 Å². The normalized spacial score (nSPS) is 14.3. The lowest BCUT2D eigenvalue weighted by Crippen LogP contribution is -2.36. The zero-order chi connectivity index (χ0) is 19.1. The molecule has 0 unspecified atom stereocenters. The van der Waals surface area contributed by atoms with Gasteiger partial charge in [-0.15, -0.1) is 10.2 Å². The molecule has 27 heavy (non-hydrogen) atoms. The van der Waals surface area contributed by atoms with Crippen LogP contribution in [-0.4, -0.2) is 74.5 Å². The molecule has 0 aliphatic carbocycles. The molecule has 3 rings (SSSR count). The minimum absolute atomic E-state index is 0.275. The highest BCUT2D eigenvalue weighted by Gasteiger charge is 2.17. The van der Waals surface area contributed by atoms with Gasteiger partial charge in [-0.05, 0) is 38.4 Å². The van der Waals surface area contributed by atoms with Crippen molar-refractivity contribution in [2.75, 3.05) is 69.0 Å². The Balaban J connectivity index is 1.63. The van der Waals surface area contributed by atoms with Crippen LogP contribution in [0.1, 0.15) is 10.5 Å². The minimum Gasteiger partial charge on any atom is -0.378 e. The molecular weight excluding hydrogens is 344 g/mol. The summed E-state index contributed by atoms with van der Waals surface area (Å²) < 4.78 is 5.41. The van der Waals surface area contributed by atoms with E-state index in [1.807, 2.05) is 38.4 Å². The predicted octanol–water partition coefficient (Wildman–Crippen LogP) is 1.54. The summed E-state index contributed by atoms with van der Waals surface area (Å²) in [4.78, 5) is 16.9. The molecule has 2 heterocycles. The summed E-state index contributed by atoms with van der Waals surface area (Å²) in [7, 11) is 4.02. The fourth-order valence-electron chi connectivity index (χ4n) is 2.80. The summed E-state index contributed by atoms with van der Waals surface area (Å²) in [6, 6.07) is 11.2. The number of nitrogens with zero attached hydrogens (tertiary/aromatic N) is 4. The first-order valence-corrected chi connectivity index (χ1v) is 9.09. The molecule has 1 aromatic heterocycles. The average Bonchev–Trinajstić information content (AvgIpc) is 2.69. The second-order valence-electron chi connectivity index (χ2n) is 6.60. The number of amides is 1. The van der Waals surface area contributed by atoms with E-state index in [2.05, 4.69) is 30.6 Å². The summed E-state index contributed by atoms with van der Waals surface area (Å²) in [5, 5.41) is 14.3. The molecule has 8 nitrogen and oxygen atoms in total. The van der Waals surface area contributed by atoms with Gasteiger partial charge in [0.1, 0.15) is 5.82 Å². The average molecular weight is 370 g/mol. The van der Waals surface area contributed by atoms with E-state index < -0.39 is 0 Å². The zero-order valence-corrected chi connectivity index (χ0v) is 15.8. The molecule has 2 aromatic rings. The molecule has 0 radical (unpaired) electrons. The smallest absolute Gasteiger partial charge is 0.276 e. The van der Waals surface area contributed by atoms with E-state index in [0.717, 1.165) is 37.6 Å². The van der Waals surface area contributed by atoms with Gasteiger partial charge in [0.2, 0.25) is 0 Å². The first-order valence-electron chi connectivity index (χ1n) is 9.09. The number of benzene rings is 1. The Morgan fingerprint density at radius 1 is 1.15 bits per heavy atom. The molecule has 0 saturated carbocycles. The third-order valence-electron chi connectivity index (χ3n) is 4.27. The Hall–Kier alpha value is -2.71. The van der Waals surface area contributed by atoms with Gasteiger partial charge in [-0.1, -0.05) is 12.1 Å². The molecule has 1 aliphatic heterocycles. The first-order chi connectivity index (χ1) is 13.1. The number of para-hydroxylation sites is 2. The summed E-state index contributed by atoms with van der Waals surface area (Å²) in [6.45, 7) is 4.65. The Morgan fingerprint density at radius 2 is 1.93 bits per heavy atom. The molecule has 1 aliphatic rings. The van der Waals surface area contributed by atoms with Crippen LogP contribution >= 0.6 is 0 Å². The maximum Gasteiger partial charge on any atom is 0.276 e. The maximum atomic E-state index is 12.6. The van der Waals surface area contributed by atoms with Crippen molar-refractivity contribution < 1.29 is 9.53 Å². The molecule has 144 valence electrons. The summed E-state index contributed by atoms with van der Waals surface area (Å²) >= 11 is 0. The van der Waals surface area contributed by atoms with Crippen LogP contribution in [0, 0.1) is 0 Å². The predicted molar refractivity (Wildman–Crippen MR) is 107 cm³/mol. The second kappa shape index (κ2) is 9.29. The van der Waals surface area contributed by atoms with Gasteiger partial charge in [0.15, 0.2) is 5.69 Å². The fourth-order valence-corrected chi connectivity index (χ4v) is 2.80.